The molecule has 1 aliphatic rings. The molecule has 3 aromatic rings. The Balaban J connectivity index is 1.58. The van der Waals surface area contributed by atoms with Gasteiger partial charge in [-0.25, -0.2) is 4.98 Å². The summed E-state index contributed by atoms with van der Waals surface area (Å²) in [5, 5.41) is 19.6. The summed E-state index contributed by atoms with van der Waals surface area (Å²) in [5.41, 5.74) is 2.49. The van der Waals surface area contributed by atoms with Crippen molar-refractivity contribution in [1.29, 1.82) is 5.41 Å². The van der Waals surface area contributed by atoms with Crippen LogP contribution >= 0.6 is 11.3 Å². The molecule has 0 saturated carbocycles. The highest BCUT2D eigenvalue weighted by molar-refractivity contribution is 7.19. The molecule has 0 spiro atoms. The van der Waals surface area contributed by atoms with Crippen molar-refractivity contribution < 1.29 is 9.84 Å². The number of ether oxygens (including phenoxy) is 1. The van der Waals surface area contributed by atoms with Gasteiger partial charge in [-0.3, -0.25) is 5.41 Å². The van der Waals surface area contributed by atoms with E-state index in [1.165, 1.54) is 11.3 Å². The Labute approximate surface area is 149 Å². The number of hydrogen-bond donors (Lipinski definition) is 2. The van der Waals surface area contributed by atoms with E-state index < -0.39 is 0 Å². The number of nitrogens with zero attached hydrogens (tertiary/aromatic N) is 2. The van der Waals surface area contributed by atoms with Crippen LogP contribution in [-0.4, -0.2) is 34.5 Å². The lowest BCUT2D eigenvalue weighted by Crippen LogP contribution is -2.25. The number of aromatic nitrogens is 1. The molecule has 1 aromatic heterocycles. The minimum Gasteiger partial charge on any atom is -0.510 e. The van der Waals surface area contributed by atoms with Crippen LogP contribution in [0.25, 0.3) is 15.8 Å². The zero-order chi connectivity index (χ0) is 17.4. The maximum atomic E-state index is 10.4. The van der Waals surface area contributed by atoms with Gasteiger partial charge in [0.25, 0.3) is 0 Å². The fourth-order valence-electron chi connectivity index (χ4n) is 2.92. The Hall–Kier alpha value is -2.86. The highest BCUT2D eigenvalue weighted by Gasteiger charge is 2.30. The normalized spacial score (nSPS) is 14.6. The summed E-state index contributed by atoms with van der Waals surface area (Å²) < 4.78 is 6.22. The molecular formula is C19H17N3O2S. The van der Waals surface area contributed by atoms with Crippen LogP contribution in [0.5, 0.6) is 5.75 Å². The second kappa shape index (κ2) is 6.22. The van der Waals surface area contributed by atoms with Crippen LogP contribution in [0.3, 0.4) is 0 Å². The molecule has 1 aliphatic heterocycles. The van der Waals surface area contributed by atoms with E-state index in [2.05, 4.69) is 4.98 Å². The Kier molecular flexibility index (Phi) is 3.89. The van der Waals surface area contributed by atoms with Crippen LogP contribution < -0.4 is 4.74 Å². The molecule has 25 heavy (non-hydrogen) atoms. The van der Waals surface area contributed by atoms with E-state index in [9.17, 15) is 5.11 Å². The second-order valence-electron chi connectivity index (χ2n) is 5.86. The Bertz CT molecular complexity index is 943. The molecular weight excluding hydrogens is 334 g/mol. The zero-order valence-corrected chi connectivity index (χ0v) is 14.5. The third-order valence-electron chi connectivity index (χ3n) is 4.22. The van der Waals surface area contributed by atoms with Crippen molar-refractivity contribution in [1.82, 2.24) is 9.88 Å². The number of aliphatic hydroxyl groups excluding tert-OH is 1. The predicted octanol–water partition coefficient (Wildman–Crippen LogP) is 4.07. The van der Waals surface area contributed by atoms with Crippen molar-refractivity contribution in [3.05, 3.63) is 64.9 Å². The van der Waals surface area contributed by atoms with Gasteiger partial charge in [-0.15, -0.1) is 11.3 Å². The van der Waals surface area contributed by atoms with E-state index >= 15 is 0 Å². The third-order valence-corrected chi connectivity index (χ3v) is 5.28. The highest BCUT2D eigenvalue weighted by Crippen LogP contribution is 2.33. The van der Waals surface area contributed by atoms with E-state index in [4.69, 9.17) is 10.1 Å². The zero-order valence-electron chi connectivity index (χ0n) is 13.7. The van der Waals surface area contributed by atoms with Gasteiger partial charge in [0.05, 0.1) is 29.4 Å². The smallest absolute Gasteiger partial charge is 0.135 e. The molecule has 2 aromatic carbocycles. The van der Waals surface area contributed by atoms with Crippen molar-refractivity contribution in [3.8, 4) is 5.75 Å². The predicted molar refractivity (Wildman–Crippen MR) is 100 cm³/mol. The number of methoxy groups -OCH3 is 1. The Morgan fingerprint density at radius 2 is 1.96 bits per heavy atom. The minimum atomic E-state index is 0.206. The van der Waals surface area contributed by atoms with Crippen LogP contribution in [0.1, 0.15) is 10.6 Å². The Morgan fingerprint density at radius 1 is 1.20 bits per heavy atom. The second-order valence-corrected chi connectivity index (χ2v) is 6.89. The summed E-state index contributed by atoms with van der Waals surface area (Å²) in [7, 11) is 1.64. The SMILES string of the molecule is COc1ccc(CN2CC(O)=C(c3nc4ccccc4s3)C2=N)cc1. The molecule has 0 fully saturated rings. The monoisotopic (exact) mass is 351 g/mol. The van der Waals surface area contributed by atoms with Gasteiger partial charge < -0.3 is 14.7 Å². The van der Waals surface area contributed by atoms with Gasteiger partial charge >= 0.3 is 0 Å². The molecule has 0 atom stereocenters. The maximum Gasteiger partial charge on any atom is 0.135 e. The van der Waals surface area contributed by atoms with Gasteiger partial charge in [-0.2, -0.15) is 0 Å². The van der Waals surface area contributed by atoms with Crippen LogP contribution in [0.4, 0.5) is 0 Å². The summed E-state index contributed by atoms with van der Waals surface area (Å²) in [6.07, 6.45) is 0. The molecule has 0 amide bonds. The molecule has 2 heterocycles. The number of fused-ring (bicyclic) bond motifs is 1. The first kappa shape index (κ1) is 15.7. The summed E-state index contributed by atoms with van der Waals surface area (Å²) >= 11 is 1.50. The lowest BCUT2D eigenvalue weighted by atomic mass is 10.2. The van der Waals surface area contributed by atoms with E-state index in [0.29, 0.717) is 29.5 Å². The molecule has 0 radical (unpaired) electrons. The molecule has 0 saturated heterocycles. The van der Waals surface area contributed by atoms with Crippen LogP contribution in [-0.2, 0) is 6.54 Å². The molecule has 0 aliphatic carbocycles. The average molecular weight is 351 g/mol. The molecule has 0 unspecified atom stereocenters. The van der Waals surface area contributed by atoms with Crippen molar-refractivity contribution in [2.75, 3.05) is 13.7 Å². The van der Waals surface area contributed by atoms with E-state index in [1.807, 2.05) is 53.4 Å². The summed E-state index contributed by atoms with van der Waals surface area (Å²) in [5.74, 6) is 1.32. The van der Waals surface area contributed by atoms with Gasteiger partial charge in [0, 0.05) is 6.54 Å². The van der Waals surface area contributed by atoms with Crippen molar-refractivity contribution in [3.63, 3.8) is 0 Å². The highest BCUT2D eigenvalue weighted by atomic mass is 32.1. The van der Waals surface area contributed by atoms with Crippen molar-refractivity contribution in [2.45, 2.75) is 6.54 Å². The molecule has 2 N–H and O–H groups in total. The number of amidine groups is 1. The van der Waals surface area contributed by atoms with E-state index in [1.54, 1.807) is 7.11 Å². The number of hydrogen-bond acceptors (Lipinski definition) is 5. The third kappa shape index (κ3) is 2.85. The number of para-hydroxylation sites is 1. The van der Waals surface area contributed by atoms with Crippen LogP contribution in [0.15, 0.2) is 54.3 Å². The lowest BCUT2D eigenvalue weighted by molar-refractivity contribution is 0.346. The summed E-state index contributed by atoms with van der Waals surface area (Å²) in [4.78, 5) is 6.42. The number of thiazole rings is 1. The quantitative estimate of drug-likeness (QED) is 0.743. The molecule has 126 valence electrons. The van der Waals surface area contributed by atoms with Gasteiger partial charge in [0.15, 0.2) is 0 Å². The standard InChI is InChI=1S/C19H17N3O2S/c1-24-13-8-6-12(7-9-13)10-22-11-15(23)17(18(22)20)19-21-14-4-2-3-5-16(14)25-19/h2-9,20,23H,10-11H2,1H3. The number of rotatable bonds is 4. The summed E-state index contributed by atoms with van der Waals surface area (Å²) in [6.45, 7) is 0.886. The van der Waals surface area contributed by atoms with Gasteiger partial charge in [0.2, 0.25) is 0 Å². The average Bonchev–Trinajstić information content (AvgIpc) is 3.16. The van der Waals surface area contributed by atoms with Crippen LogP contribution in [0, 0.1) is 5.41 Å². The summed E-state index contributed by atoms with van der Waals surface area (Å²) in [6, 6.07) is 15.6. The van der Waals surface area contributed by atoms with E-state index in [0.717, 1.165) is 21.5 Å². The maximum absolute atomic E-state index is 10.4. The van der Waals surface area contributed by atoms with Crippen LogP contribution in [0.2, 0.25) is 0 Å². The lowest BCUT2D eigenvalue weighted by Gasteiger charge is -2.18. The fraction of sp³-hybridized carbons (Fsp3) is 0.158. The first-order chi connectivity index (χ1) is 12.2. The fourth-order valence-corrected chi connectivity index (χ4v) is 3.96. The molecule has 4 rings (SSSR count). The largest absolute Gasteiger partial charge is 0.510 e. The minimum absolute atomic E-state index is 0.206. The number of aliphatic hydroxyl groups is 1. The van der Waals surface area contributed by atoms with Gasteiger partial charge in [-0.05, 0) is 29.8 Å². The van der Waals surface area contributed by atoms with Gasteiger partial charge in [-0.1, -0.05) is 24.3 Å². The molecule has 0 bridgehead atoms. The first-order valence-electron chi connectivity index (χ1n) is 7.90. The first-order valence-corrected chi connectivity index (χ1v) is 8.72. The van der Waals surface area contributed by atoms with E-state index in [-0.39, 0.29) is 5.76 Å². The van der Waals surface area contributed by atoms with Gasteiger partial charge in [0.1, 0.15) is 22.4 Å². The molecule has 6 heteroatoms. The number of nitrogens with one attached hydrogen (secondary N) is 1. The Morgan fingerprint density at radius 3 is 2.68 bits per heavy atom. The van der Waals surface area contributed by atoms with Crippen molar-refractivity contribution in [2.24, 2.45) is 0 Å². The van der Waals surface area contributed by atoms with Crippen molar-refractivity contribution >= 4 is 33.0 Å². The molecule has 5 nitrogen and oxygen atoms in total. The number of benzene rings is 2. The topological polar surface area (TPSA) is 69.4 Å².